The van der Waals surface area contributed by atoms with Crippen LogP contribution >= 0.6 is 0 Å². The zero-order valence-electron chi connectivity index (χ0n) is 11.6. The van der Waals surface area contributed by atoms with E-state index >= 15 is 0 Å². The number of anilines is 1. The van der Waals surface area contributed by atoms with Crippen LogP contribution in [0.4, 0.5) is 5.69 Å². The quantitative estimate of drug-likeness (QED) is 0.884. The van der Waals surface area contributed by atoms with Crippen LogP contribution in [-0.2, 0) is 4.79 Å². The summed E-state index contributed by atoms with van der Waals surface area (Å²) in [6.07, 6.45) is 1.03. The number of hydrogen-bond donors (Lipinski definition) is 1. The minimum Gasteiger partial charge on any atom is -0.454 e. The molecule has 0 spiro atoms. The summed E-state index contributed by atoms with van der Waals surface area (Å²) in [5.41, 5.74) is 0.728. The zero-order chi connectivity index (χ0) is 13.8. The van der Waals surface area contributed by atoms with Crippen LogP contribution in [0.1, 0.15) is 20.3 Å². The van der Waals surface area contributed by atoms with Crippen LogP contribution in [0.5, 0.6) is 11.5 Å². The normalized spacial score (nSPS) is 14.5. The number of carbonyl (C=O) groups is 1. The zero-order valence-corrected chi connectivity index (χ0v) is 11.6. The molecule has 0 unspecified atom stereocenters. The van der Waals surface area contributed by atoms with Crippen LogP contribution in [0.15, 0.2) is 18.2 Å². The van der Waals surface area contributed by atoms with Crippen molar-refractivity contribution in [1.29, 1.82) is 0 Å². The van der Waals surface area contributed by atoms with Gasteiger partial charge in [-0.1, -0.05) is 6.92 Å². The third-order valence-corrected chi connectivity index (χ3v) is 3.26. The Morgan fingerprint density at radius 3 is 2.89 bits per heavy atom. The highest BCUT2D eigenvalue weighted by atomic mass is 16.7. The highest BCUT2D eigenvalue weighted by molar-refractivity contribution is 5.94. The molecule has 1 heterocycles. The van der Waals surface area contributed by atoms with Crippen LogP contribution in [-0.4, -0.2) is 37.2 Å². The fourth-order valence-corrected chi connectivity index (χ4v) is 1.97. The van der Waals surface area contributed by atoms with Gasteiger partial charge in [0.15, 0.2) is 11.5 Å². The van der Waals surface area contributed by atoms with Crippen molar-refractivity contribution in [3.05, 3.63) is 18.2 Å². The minimum atomic E-state index is -0.162. The van der Waals surface area contributed by atoms with Gasteiger partial charge in [-0.25, -0.2) is 0 Å². The van der Waals surface area contributed by atoms with Crippen LogP contribution in [0.25, 0.3) is 0 Å². The number of benzene rings is 1. The predicted molar refractivity (Wildman–Crippen MR) is 73.6 cm³/mol. The lowest BCUT2D eigenvalue weighted by Crippen LogP contribution is -2.39. The molecule has 0 bridgehead atoms. The van der Waals surface area contributed by atoms with E-state index in [9.17, 15) is 4.79 Å². The topological polar surface area (TPSA) is 50.8 Å². The van der Waals surface area contributed by atoms with Gasteiger partial charge in [0.05, 0.1) is 6.04 Å². The summed E-state index contributed by atoms with van der Waals surface area (Å²) in [4.78, 5) is 14.1. The number of fused-ring (bicyclic) bond motifs is 1. The Labute approximate surface area is 113 Å². The molecule has 0 fully saturated rings. The lowest BCUT2D eigenvalue weighted by atomic mass is 10.2. The molecule has 1 aliphatic rings. The molecule has 19 heavy (non-hydrogen) atoms. The molecule has 1 N–H and O–H groups in total. The standard InChI is InChI=1S/C14H20N2O3/c1-4-7-16(3)10(2)14(17)15-11-5-6-12-13(8-11)19-9-18-12/h5-6,8,10H,4,7,9H2,1-3H3,(H,15,17)/t10-/m0/s1. The van der Waals surface area contributed by atoms with Crippen LogP contribution in [0.3, 0.4) is 0 Å². The molecule has 5 heteroatoms. The first-order chi connectivity index (χ1) is 9.11. The van der Waals surface area contributed by atoms with Gasteiger partial charge >= 0.3 is 0 Å². The van der Waals surface area contributed by atoms with Gasteiger partial charge in [-0.2, -0.15) is 0 Å². The van der Waals surface area contributed by atoms with Crippen molar-refractivity contribution in [1.82, 2.24) is 4.90 Å². The van der Waals surface area contributed by atoms with E-state index in [4.69, 9.17) is 9.47 Å². The Bertz CT molecular complexity index is 462. The van der Waals surface area contributed by atoms with Crippen LogP contribution in [0, 0.1) is 0 Å². The largest absolute Gasteiger partial charge is 0.454 e. The van der Waals surface area contributed by atoms with Crippen molar-refractivity contribution in [3.8, 4) is 11.5 Å². The summed E-state index contributed by atoms with van der Waals surface area (Å²) < 4.78 is 10.5. The van der Waals surface area contributed by atoms with Gasteiger partial charge in [0, 0.05) is 11.8 Å². The SMILES string of the molecule is CCCN(C)[C@@H](C)C(=O)Nc1ccc2c(c1)OCO2. The van der Waals surface area contributed by atoms with E-state index in [1.807, 2.05) is 24.9 Å². The molecule has 5 nitrogen and oxygen atoms in total. The Morgan fingerprint density at radius 1 is 1.42 bits per heavy atom. The van der Waals surface area contributed by atoms with Gasteiger partial charge in [0.2, 0.25) is 12.7 Å². The molecule has 1 amide bonds. The molecular formula is C14H20N2O3. The van der Waals surface area contributed by atoms with Crippen molar-refractivity contribution >= 4 is 11.6 Å². The average molecular weight is 264 g/mol. The van der Waals surface area contributed by atoms with Gasteiger partial charge in [-0.15, -0.1) is 0 Å². The molecule has 1 atom stereocenters. The number of likely N-dealkylation sites (N-methyl/N-ethyl adjacent to an activating group) is 1. The maximum Gasteiger partial charge on any atom is 0.241 e. The maximum absolute atomic E-state index is 12.1. The summed E-state index contributed by atoms with van der Waals surface area (Å²) >= 11 is 0. The van der Waals surface area contributed by atoms with Gasteiger partial charge in [-0.3, -0.25) is 9.69 Å². The molecule has 1 aliphatic heterocycles. The Kier molecular flexibility index (Phi) is 4.27. The maximum atomic E-state index is 12.1. The van der Waals surface area contributed by atoms with E-state index < -0.39 is 0 Å². The number of nitrogens with zero attached hydrogens (tertiary/aromatic N) is 1. The van der Waals surface area contributed by atoms with E-state index in [2.05, 4.69) is 12.2 Å². The Morgan fingerprint density at radius 2 is 2.16 bits per heavy atom. The van der Waals surface area contributed by atoms with E-state index in [0.717, 1.165) is 18.7 Å². The second kappa shape index (κ2) is 5.93. The summed E-state index contributed by atoms with van der Waals surface area (Å²) in [5, 5.41) is 2.89. The molecule has 0 saturated heterocycles. The average Bonchev–Trinajstić information content (AvgIpc) is 2.85. The molecule has 1 aromatic rings. The second-order valence-corrected chi connectivity index (χ2v) is 4.71. The number of amides is 1. The Hall–Kier alpha value is -1.75. The van der Waals surface area contributed by atoms with Crippen molar-refractivity contribution in [2.24, 2.45) is 0 Å². The highest BCUT2D eigenvalue weighted by Gasteiger charge is 2.19. The first-order valence-electron chi connectivity index (χ1n) is 6.52. The smallest absolute Gasteiger partial charge is 0.241 e. The van der Waals surface area contributed by atoms with E-state index in [0.29, 0.717) is 11.5 Å². The first-order valence-corrected chi connectivity index (χ1v) is 6.52. The number of carbonyl (C=O) groups excluding carboxylic acids is 1. The number of nitrogens with one attached hydrogen (secondary N) is 1. The second-order valence-electron chi connectivity index (χ2n) is 4.71. The molecule has 2 rings (SSSR count). The molecule has 0 radical (unpaired) electrons. The van der Waals surface area contributed by atoms with Gasteiger partial charge in [0.1, 0.15) is 0 Å². The highest BCUT2D eigenvalue weighted by Crippen LogP contribution is 2.34. The molecule has 0 aromatic heterocycles. The molecule has 0 saturated carbocycles. The molecule has 0 aliphatic carbocycles. The molecule has 1 aromatic carbocycles. The predicted octanol–water partition coefficient (Wildman–Crippen LogP) is 2.08. The number of hydrogen-bond acceptors (Lipinski definition) is 4. The van der Waals surface area contributed by atoms with Crippen molar-refractivity contribution in [2.45, 2.75) is 26.3 Å². The molecule has 104 valence electrons. The number of ether oxygens (including phenoxy) is 2. The van der Waals surface area contributed by atoms with Crippen LogP contribution < -0.4 is 14.8 Å². The Balaban J connectivity index is 1.99. The monoisotopic (exact) mass is 264 g/mol. The van der Waals surface area contributed by atoms with E-state index in [1.54, 1.807) is 12.1 Å². The third kappa shape index (κ3) is 3.17. The first kappa shape index (κ1) is 13.7. The van der Waals surface area contributed by atoms with E-state index in [1.165, 1.54) is 0 Å². The minimum absolute atomic E-state index is 0.0187. The lowest BCUT2D eigenvalue weighted by Gasteiger charge is -2.23. The third-order valence-electron chi connectivity index (χ3n) is 3.26. The summed E-state index contributed by atoms with van der Waals surface area (Å²) in [6.45, 7) is 5.13. The van der Waals surface area contributed by atoms with Crippen molar-refractivity contribution in [2.75, 3.05) is 25.7 Å². The number of rotatable bonds is 5. The summed E-state index contributed by atoms with van der Waals surface area (Å²) in [6, 6.07) is 5.24. The lowest BCUT2D eigenvalue weighted by molar-refractivity contribution is -0.120. The van der Waals surface area contributed by atoms with Crippen molar-refractivity contribution < 1.29 is 14.3 Å². The summed E-state index contributed by atoms with van der Waals surface area (Å²) in [5.74, 6) is 1.37. The van der Waals surface area contributed by atoms with Gasteiger partial charge in [-0.05, 0) is 39.1 Å². The van der Waals surface area contributed by atoms with Crippen LogP contribution in [0.2, 0.25) is 0 Å². The van der Waals surface area contributed by atoms with E-state index in [-0.39, 0.29) is 18.7 Å². The molecular weight excluding hydrogens is 244 g/mol. The van der Waals surface area contributed by atoms with Gasteiger partial charge < -0.3 is 14.8 Å². The fraction of sp³-hybridized carbons (Fsp3) is 0.500. The van der Waals surface area contributed by atoms with Gasteiger partial charge in [0.25, 0.3) is 0 Å². The summed E-state index contributed by atoms with van der Waals surface area (Å²) in [7, 11) is 1.95. The van der Waals surface area contributed by atoms with Crippen molar-refractivity contribution in [3.63, 3.8) is 0 Å². The fourth-order valence-electron chi connectivity index (χ4n) is 1.97.